The summed E-state index contributed by atoms with van der Waals surface area (Å²) in [7, 11) is 0. The van der Waals surface area contributed by atoms with E-state index in [-0.39, 0.29) is 0 Å². The van der Waals surface area contributed by atoms with E-state index in [1.165, 1.54) is 6.21 Å². The molecule has 0 unspecified atom stereocenters. The molecule has 0 saturated heterocycles. The normalized spacial score (nSPS) is 10.5. The number of oxime groups is 1. The zero-order valence-corrected chi connectivity index (χ0v) is 10.4. The number of benzene rings is 2. The standard InChI is InChI=1S/C15H15NO3/c17-16-12-13-5-4-8-15(11-13)19-10-9-18-14-6-2-1-3-7-14/h1-8,11-12,17H,9-10H2. The first-order chi connectivity index (χ1) is 9.38. The molecule has 0 fully saturated rings. The summed E-state index contributed by atoms with van der Waals surface area (Å²) in [6.45, 7) is 0.928. The highest BCUT2D eigenvalue weighted by Gasteiger charge is 1.96. The smallest absolute Gasteiger partial charge is 0.122 e. The lowest BCUT2D eigenvalue weighted by molar-refractivity contribution is 0.217. The SMILES string of the molecule is ON=Cc1cccc(OCCOc2ccccc2)c1. The second-order valence-corrected chi connectivity index (χ2v) is 3.83. The van der Waals surface area contributed by atoms with Gasteiger partial charge >= 0.3 is 0 Å². The van der Waals surface area contributed by atoms with Crippen LogP contribution in [0.25, 0.3) is 0 Å². The maximum Gasteiger partial charge on any atom is 0.122 e. The lowest BCUT2D eigenvalue weighted by atomic mass is 10.2. The summed E-state index contributed by atoms with van der Waals surface area (Å²) in [5, 5.41) is 11.4. The summed E-state index contributed by atoms with van der Waals surface area (Å²) in [6.07, 6.45) is 1.35. The highest BCUT2D eigenvalue weighted by Crippen LogP contribution is 2.12. The van der Waals surface area contributed by atoms with Gasteiger partial charge in [-0.15, -0.1) is 0 Å². The average Bonchev–Trinajstić information content (AvgIpc) is 2.46. The van der Waals surface area contributed by atoms with E-state index in [4.69, 9.17) is 14.7 Å². The number of hydrogen-bond acceptors (Lipinski definition) is 4. The predicted molar refractivity (Wildman–Crippen MR) is 73.3 cm³/mol. The molecule has 0 aliphatic carbocycles. The zero-order valence-electron chi connectivity index (χ0n) is 10.4. The Morgan fingerprint density at radius 3 is 2.32 bits per heavy atom. The maximum absolute atomic E-state index is 8.46. The summed E-state index contributed by atoms with van der Waals surface area (Å²) in [5.41, 5.74) is 0.781. The van der Waals surface area contributed by atoms with Crippen molar-refractivity contribution in [2.75, 3.05) is 13.2 Å². The van der Waals surface area contributed by atoms with Crippen molar-refractivity contribution in [3.63, 3.8) is 0 Å². The van der Waals surface area contributed by atoms with Crippen molar-refractivity contribution in [2.24, 2.45) is 5.16 Å². The molecule has 0 heterocycles. The van der Waals surface area contributed by atoms with Crippen LogP contribution in [0.3, 0.4) is 0 Å². The summed E-state index contributed by atoms with van der Waals surface area (Å²) < 4.78 is 11.1. The van der Waals surface area contributed by atoms with E-state index in [0.717, 1.165) is 11.3 Å². The minimum absolute atomic E-state index is 0.453. The zero-order chi connectivity index (χ0) is 13.3. The largest absolute Gasteiger partial charge is 0.490 e. The molecule has 0 bridgehead atoms. The van der Waals surface area contributed by atoms with Crippen molar-refractivity contribution >= 4 is 6.21 Å². The number of rotatable bonds is 6. The second-order valence-electron chi connectivity index (χ2n) is 3.83. The molecule has 4 nitrogen and oxygen atoms in total. The van der Waals surface area contributed by atoms with Gasteiger partial charge in [-0.2, -0.15) is 0 Å². The van der Waals surface area contributed by atoms with Crippen molar-refractivity contribution in [1.29, 1.82) is 0 Å². The molecular formula is C15H15NO3. The van der Waals surface area contributed by atoms with Gasteiger partial charge in [-0.1, -0.05) is 35.5 Å². The topological polar surface area (TPSA) is 51.1 Å². The van der Waals surface area contributed by atoms with Crippen LogP contribution in [0, 0.1) is 0 Å². The molecule has 0 spiro atoms. The third kappa shape index (κ3) is 4.35. The molecule has 0 amide bonds. The van der Waals surface area contributed by atoms with Gasteiger partial charge in [0.25, 0.3) is 0 Å². The van der Waals surface area contributed by atoms with Crippen molar-refractivity contribution in [3.05, 3.63) is 60.2 Å². The summed E-state index contributed by atoms with van der Waals surface area (Å²) in [4.78, 5) is 0. The van der Waals surface area contributed by atoms with E-state index in [0.29, 0.717) is 19.0 Å². The number of ether oxygens (including phenoxy) is 2. The molecule has 0 aromatic heterocycles. The van der Waals surface area contributed by atoms with Gasteiger partial charge in [0.05, 0.1) is 6.21 Å². The van der Waals surface area contributed by atoms with Crippen LogP contribution in [0.5, 0.6) is 11.5 Å². The van der Waals surface area contributed by atoms with Gasteiger partial charge in [0.2, 0.25) is 0 Å². The van der Waals surface area contributed by atoms with Crippen LogP contribution in [0.1, 0.15) is 5.56 Å². The molecule has 2 rings (SSSR count). The predicted octanol–water partition coefficient (Wildman–Crippen LogP) is 2.95. The molecule has 4 heteroatoms. The summed E-state index contributed by atoms with van der Waals surface area (Å²) in [6, 6.07) is 16.9. The average molecular weight is 257 g/mol. The lowest BCUT2D eigenvalue weighted by Crippen LogP contribution is -2.08. The van der Waals surface area contributed by atoms with E-state index in [2.05, 4.69) is 5.16 Å². The van der Waals surface area contributed by atoms with Crippen LogP contribution in [-0.4, -0.2) is 24.6 Å². The molecule has 2 aromatic rings. The van der Waals surface area contributed by atoms with Gasteiger partial charge in [-0.3, -0.25) is 0 Å². The van der Waals surface area contributed by atoms with Gasteiger partial charge in [-0.05, 0) is 29.8 Å². The van der Waals surface area contributed by atoms with Crippen molar-refractivity contribution in [2.45, 2.75) is 0 Å². The Morgan fingerprint density at radius 2 is 1.58 bits per heavy atom. The van der Waals surface area contributed by atoms with Crippen LogP contribution >= 0.6 is 0 Å². The van der Waals surface area contributed by atoms with Crippen LogP contribution in [0.4, 0.5) is 0 Å². The molecule has 2 aromatic carbocycles. The molecule has 19 heavy (non-hydrogen) atoms. The van der Waals surface area contributed by atoms with Crippen molar-refractivity contribution < 1.29 is 14.7 Å². The van der Waals surface area contributed by atoms with E-state index in [9.17, 15) is 0 Å². The third-order valence-corrected chi connectivity index (χ3v) is 2.43. The van der Waals surface area contributed by atoms with Crippen molar-refractivity contribution in [1.82, 2.24) is 0 Å². The highest BCUT2D eigenvalue weighted by molar-refractivity contribution is 5.79. The van der Waals surface area contributed by atoms with Crippen LogP contribution in [0.2, 0.25) is 0 Å². The first-order valence-corrected chi connectivity index (χ1v) is 5.96. The summed E-state index contributed by atoms with van der Waals surface area (Å²) in [5.74, 6) is 1.54. The van der Waals surface area contributed by atoms with Crippen LogP contribution in [-0.2, 0) is 0 Å². The van der Waals surface area contributed by atoms with Crippen LogP contribution in [0.15, 0.2) is 59.8 Å². The summed E-state index contributed by atoms with van der Waals surface area (Å²) >= 11 is 0. The highest BCUT2D eigenvalue weighted by atomic mass is 16.5. The van der Waals surface area contributed by atoms with E-state index >= 15 is 0 Å². The van der Waals surface area contributed by atoms with Gasteiger partial charge < -0.3 is 14.7 Å². The number of nitrogens with zero attached hydrogens (tertiary/aromatic N) is 1. The fourth-order valence-corrected chi connectivity index (χ4v) is 1.59. The van der Waals surface area contributed by atoms with Gasteiger partial charge in [0, 0.05) is 0 Å². The Labute approximate surface area is 111 Å². The molecule has 98 valence electrons. The van der Waals surface area contributed by atoms with E-state index in [1.54, 1.807) is 6.07 Å². The van der Waals surface area contributed by atoms with E-state index in [1.807, 2.05) is 48.5 Å². The Balaban J connectivity index is 1.78. The first-order valence-electron chi connectivity index (χ1n) is 5.96. The lowest BCUT2D eigenvalue weighted by Gasteiger charge is -2.08. The van der Waals surface area contributed by atoms with Crippen molar-refractivity contribution in [3.8, 4) is 11.5 Å². The number of hydrogen-bond donors (Lipinski definition) is 1. The number of para-hydroxylation sites is 1. The Kier molecular flexibility index (Phi) is 4.81. The second kappa shape index (κ2) is 7.06. The van der Waals surface area contributed by atoms with Crippen LogP contribution < -0.4 is 9.47 Å². The minimum Gasteiger partial charge on any atom is -0.490 e. The molecule has 0 aliphatic rings. The van der Waals surface area contributed by atoms with Gasteiger partial charge in [-0.25, -0.2) is 0 Å². The van der Waals surface area contributed by atoms with Gasteiger partial charge in [0.15, 0.2) is 0 Å². The molecule has 0 saturated carbocycles. The van der Waals surface area contributed by atoms with Gasteiger partial charge in [0.1, 0.15) is 24.7 Å². The Morgan fingerprint density at radius 1 is 0.895 bits per heavy atom. The van der Waals surface area contributed by atoms with E-state index < -0.39 is 0 Å². The minimum atomic E-state index is 0.453. The first kappa shape index (κ1) is 13.0. The monoisotopic (exact) mass is 257 g/mol. The molecular weight excluding hydrogens is 242 g/mol. The molecule has 0 atom stereocenters. The fraction of sp³-hybridized carbons (Fsp3) is 0.133. The Hall–Kier alpha value is -2.49. The molecule has 0 aliphatic heterocycles. The Bertz CT molecular complexity index is 526. The third-order valence-electron chi connectivity index (χ3n) is 2.43. The maximum atomic E-state index is 8.46. The molecule has 1 N–H and O–H groups in total. The quantitative estimate of drug-likeness (QED) is 0.374. The molecule has 0 radical (unpaired) electrons. The fourth-order valence-electron chi connectivity index (χ4n) is 1.59.